The van der Waals surface area contributed by atoms with E-state index in [0.29, 0.717) is 6.54 Å². The third kappa shape index (κ3) is 3.24. The van der Waals surface area contributed by atoms with Crippen LogP contribution >= 0.6 is 22.6 Å². The van der Waals surface area contributed by atoms with Crippen molar-refractivity contribution < 1.29 is 14.3 Å². The number of carbonyl (C=O) groups excluding carboxylic acids is 1. The van der Waals surface area contributed by atoms with Gasteiger partial charge in [0.05, 0.1) is 19.3 Å². The Bertz CT molecular complexity index is 824. The highest BCUT2D eigenvalue weighted by molar-refractivity contribution is 14.1. The zero-order valence-electron chi connectivity index (χ0n) is 13.1. The molecule has 1 aliphatic rings. The van der Waals surface area contributed by atoms with Gasteiger partial charge in [-0.05, 0) is 23.8 Å². The average Bonchev–Trinajstić information content (AvgIpc) is 2.88. The Morgan fingerprint density at radius 1 is 1.17 bits per heavy atom. The van der Waals surface area contributed by atoms with Crippen molar-refractivity contribution in [3.63, 3.8) is 0 Å². The first kappa shape index (κ1) is 16.8. The Kier molecular flexibility index (Phi) is 5.03. The largest absolute Gasteiger partial charge is 0.493 e. The summed E-state index contributed by atoms with van der Waals surface area (Å²) in [6.07, 6.45) is -0.446. The highest BCUT2D eigenvalue weighted by Crippen LogP contribution is 2.33. The summed E-state index contributed by atoms with van der Waals surface area (Å²) >= 11 is 2.21. The quantitative estimate of drug-likeness (QED) is 0.543. The van der Waals surface area contributed by atoms with Crippen molar-refractivity contribution >= 4 is 34.4 Å². The van der Waals surface area contributed by atoms with Crippen LogP contribution in [0.2, 0.25) is 0 Å². The summed E-state index contributed by atoms with van der Waals surface area (Å²) in [6, 6.07) is 14.3. The summed E-state index contributed by atoms with van der Waals surface area (Å²) in [7, 11) is 1.47. The standard InChI is InChI=1S/C18H16INO4/c1-23-17-9-7-12(6-8-16(17)21)14-4-2-3-5-15(14)20-11-13(10-19)24-18(20)22/h2-9,13H,10-11H2,1H3. The second-order valence-electron chi connectivity index (χ2n) is 5.34. The van der Waals surface area contributed by atoms with Crippen molar-refractivity contribution in [2.45, 2.75) is 6.10 Å². The smallest absolute Gasteiger partial charge is 0.414 e. The molecule has 24 heavy (non-hydrogen) atoms. The van der Waals surface area contributed by atoms with E-state index >= 15 is 0 Å². The van der Waals surface area contributed by atoms with Crippen LogP contribution in [0.5, 0.6) is 5.75 Å². The molecule has 0 aromatic heterocycles. The first-order chi connectivity index (χ1) is 11.6. The topological polar surface area (TPSA) is 55.8 Å². The molecule has 3 rings (SSSR count). The lowest BCUT2D eigenvalue weighted by molar-refractivity contribution is 0.153. The highest BCUT2D eigenvalue weighted by Gasteiger charge is 2.32. The number of anilines is 1. The average molecular weight is 437 g/mol. The van der Waals surface area contributed by atoms with E-state index in [9.17, 15) is 9.59 Å². The molecule has 0 aliphatic carbocycles. The monoisotopic (exact) mass is 437 g/mol. The number of rotatable bonds is 4. The molecule has 5 nitrogen and oxygen atoms in total. The van der Waals surface area contributed by atoms with Crippen LogP contribution in [0, 0.1) is 0 Å². The molecule has 1 atom stereocenters. The van der Waals surface area contributed by atoms with Crippen LogP contribution in [-0.4, -0.2) is 30.3 Å². The van der Waals surface area contributed by atoms with E-state index in [0.717, 1.165) is 21.2 Å². The number of amides is 1. The predicted molar refractivity (Wildman–Crippen MR) is 101 cm³/mol. The van der Waals surface area contributed by atoms with Gasteiger partial charge in [-0.3, -0.25) is 9.69 Å². The molecule has 0 bridgehead atoms. The molecule has 1 unspecified atom stereocenters. The highest BCUT2D eigenvalue weighted by atomic mass is 127. The van der Waals surface area contributed by atoms with Gasteiger partial charge in [0.15, 0.2) is 5.75 Å². The minimum Gasteiger partial charge on any atom is -0.493 e. The molecular formula is C18H16INO4. The normalized spacial score (nSPS) is 16.8. The molecule has 2 aromatic carbocycles. The minimum atomic E-state index is -0.341. The number of ether oxygens (including phenoxy) is 2. The number of hydrogen-bond acceptors (Lipinski definition) is 4. The van der Waals surface area contributed by atoms with Gasteiger partial charge < -0.3 is 9.47 Å². The van der Waals surface area contributed by atoms with Crippen LogP contribution in [0.4, 0.5) is 10.5 Å². The molecular weight excluding hydrogens is 421 g/mol. The molecule has 0 N–H and O–H groups in total. The molecule has 124 valence electrons. The third-order valence-electron chi connectivity index (χ3n) is 3.84. The Balaban J connectivity index is 2.06. The predicted octanol–water partition coefficient (Wildman–Crippen LogP) is 3.48. The molecule has 1 fully saturated rings. The van der Waals surface area contributed by atoms with Crippen molar-refractivity contribution in [1.29, 1.82) is 0 Å². The van der Waals surface area contributed by atoms with E-state index in [1.54, 1.807) is 17.0 Å². The summed E-state index contributed by atoms with van der Waals surface area (Å²) in [5, 5.41) is 0. The Hall–Kier alpha value is -2.09. The molecule has 1 amide bonds. The second-order valence-corrected chi connectivity index (χ2v) is 6.22. The van der Waals surface area contributed by atoms with Crippen LogP contribution in [0.25, 0.3) is 11.1 Å². The maximum absolute atomic E-state index is 12.2. The summed E-state index contributed by atoms with van der Waals surface area (Å²) in [5.41, 5.74) is 2.28. The Morgan fingerprint density at radius 3 is 2.62 bits per heavy atom. The van der Waals surface area contributed by atoms with Crippen molar-refractivity contribution in [3.8, 4) is 16.9 Å². The van der Waals surface area contributed by atoms with Crippen molar-refractivity contribution in [2.75, 3.05) is 23.0 Å². The van der Waals surface area contributed by atoms with Gasteiger partial charge in [-0.25, -0.2) is 4.79 Å². The van der Waals surface area contributed by atoms with Crippen LogP contribution < -0.4 is 15.1 Å². The number of methoxy groups -OCH3 is 1. The van der Waals surface area contributed by atoms with E-state index in [2.05, 4.69) is 22.6 Å². The fourth-order valence-electron chi connectivity index (χ4n) is 2.65. The van der Waals surface area contributed by atoms with Gasteiger partial charge in [-0.15, -0.1) is 0 Å². The molecule has 0 spiro atoms. The van der Waals surface area contributed by atoms with E-state index < -0.39 is 0 Å². The molecule has 1 heterocycles. The number of cyclic esters (lactones) is 1. The SMILES string of the molecule is COc1ccc(-c2ccccc2N2CC(CI)OC2=O)ccc1=O. The minimum absolute atomic E-state index is 0.105. The molecule has 0 radical (unpaired) electrons. The lowest BCUT2D eigenvalue weighted by atomic mass is 10.0. The van der Waals surface area contributed by atoms with E-state index in [-0.39, 0.29) is 23.4 Å². The fraction of sp³-hybridized carbons (Fsp3) is 0.222. The van der Waals surface area contributed by atoms with Crippen molar-refractivity contribution in [1.82, 2.24) is 0 Å². The zero-order valence-corrected chi connectivity index (χ0v) is 15.2. The number of hydrogen-bond donors (Lipinski definition) is 0. The molecule has 6 heteroatoms. The van der Waals surface area contributed by atoms with Crippen LogP contribution in [-0.2, 0) is 4.74 Å². The molecule has 2 aromatic rings. The first-order valence-electron chi connectivity index (χ1n) is 7.46. The molecule has 1 saturated heterocycles. The van der Waals surface area contributed by atoms with Crippen molar-refractivity contribution in [3.05, 3.63) is 58.8 Å². The summed E-state index contributed by atoms with van der Waals surface area (Å²) in [4.78, 5) is 25.7. The molecule has 1 aliphatic heterocycles. The number of nitrogens with zero attached hydrogens (tertiary/aromatic N) is 1. The number of para-hydroxylation sites is 1. The van der Waals surface area contributed by atoms with E-state index in [1.807, 2.05) is 30.3 Å². The van der Waals surface area contributed by atoms with Crippen LogP contribution in [0.15, 0.2) is 53.3 Å². The Labute approximate surface area is 153 Å². The van der Waals surface area contributed by atoms with Gasteiger partial charge >= 0.3 is 6.09 Å². The number of alkyl halides is 1. The van der Waals surface area contributed by atoms with Gasteiger partial charge in [0.2, 0.25) is 5.43 Å². The zero-order chi connectivity index (χ0) is 17.1. The summed E-state index contributed by atoms with van der Waals surface area (Å²) in [6.45, 7) is 0.522. The fourth-order valence-corrected chi connectivity index (χ4v) is 3.11. The van der Waals surface area contributed by atoms with Gasteiger partial charge in [0, 0.05) is 9.99 Å². The lowest BCUT2D eigenvalue weighted by Crippen LogP contribution is -2.25. The maximum Gasteiger partial charge on any atom is 0.414 e. The van der Waals surface area contributed by atoms with Gasteiger partial charge in [-0.1, -0.05) is 52.9 Å². The first-order valence-corrected chi connectivity index (χ1v) is 8.98. The summed E-state index contributed by atoms with van der Waals surface area (Å²) in [5.74, 6) is 0.282. The van der Waals surface area contributed by atoms with E-state index in [1.165, 1.54) is 13.2 Å². The number of benzene rings is 1. The number of halogens is 1. The second kappa shape index (κ2) is 7.21. The maximum atomic E-state index is 12.2. The van der Waals surface area contributed by atoms with Crippen LogP contribution in [0.3, 0.4) is 0 Å². The van der Waals surface area contributed by atoms with E-state index in [4.69, 9.17) is 9.47 Å². The van der Waals surface area contributed by atoms with Gasteiger partial charge in [0.1, 0.15) is 6.10 Å². The number of carbonyl (C=O) groups is 1. The Morgan fingerprint density at radius 2 is 1.92 bits per heavy atom. The van der Waals surface area contributed by atoms with Crippen molar-refractivity contribution in [2.24, 2.45) is 0 Å². The van der Waals surface area contributed by atoms with Crippen LogP contribution in [0.1, 0.15) is 0 Å². The van der Waals surface area contributed by atoms with Gasteiger partial charge in [-0.2, -0.15) is 0 Å². The van der Waals surface area contributed by atoms with Gasteiger partial charge in [0.25, 0.3) is 0 Å². The summed E-state index contributed by atoms with van der Waals surface area (Å²) < 4.78 is 11.2. The molecule has 0 saturated carbocycles. The third-order valence-corrected chi connectivity index (χ3v) is 4.83. The lowest BCUT2D eigenvalue weighted by Gasteiger charge is -2.17.